The van der Waals surface area contributed by atoms with Crippen LogP contribution in [0.4, 0.5) is 11.4 Å². The highest BCUT2D eigenvalue weighted by Crippen LogP contribution is 2.33. The molecule has 0 spiro atoms. The average molecular weight is 414 g/mol. The standard InChI is InChI=1S/C20H20BrN3O2/c1-14-2-5-16(6-3-14)22-19-17-12-15(21)4-7-18(17)24(20(19)25)13-23-8-10-26-11-9-23/h2-7,12H,8-11,13H2,1H3. The first-order valence-corrected chi connectivity index (χ1v) is 9.48. The molecular weight excluding hydrogens is 394 g/mol. The number of hydrogen-bond donors (Lipinski definition) is 0. The van der Waals surface area contributed by atoms with E-state index in [1.807, 2.05) is 54.3 Å². The fourth-order valence-corrected chi connectivity index (χ4v) is 3.59. The Morgan fingerprint density at radius 2 is 1.85 bits per heavy atom. The van der Waals surface area contributed by atoms with Gasteiger partial charge in [0.2, 0.25) is 0 Å². The number of ether oxygens (including phenoxy) is 1. The summed E-state index contributed by atoms with van der Waals surface area (Å²) in [5.74, 6) is -0.0508. The number of rotatable bonds is 3. The number of anilines is 1. The lowest BCUT2D eigenvalue weighted by Gasteiger charge is -2.30. The van der Waals surface area contributed by atoms with Gasteiger partial charge in [0.25, 0.3) is 5.91 Å². The molecule has 2 aromatic rings. The topological polar surface area (TPSA) is 45.1 Å². The minimum absolute atomic E-state index is 0.0508. The van der Waals surface area contributed by atoms with Crippen molar-refractivity contribution in [2.45, 2.75) is 6.92 Å². The van der Waals surface area contributed by atoms with E-state index < -0.39 is 0 Å². The summed E-state index contributed by atoms with van der Waals surface area (Å²) in [7, 11) is 0. The number of morpholine rings is 1. The first-order valence-electron chi connectivity index (χ1n) is 8.69. The van der Waals surface area contributed by atoms with E-state index in [2.05, 4.69) is 25.8 Å². The fraction of sp³-hybridized carbons (Fsp3) is 0.300. The molecule has 0 saturated carbocycles. The molecule has 1 saturated heterocycles. The van der Waals surface area contributed by atoms with Crippen molar-refractivity contribution < 1.29 is 9.53 Å². The zero-order valence-corrected chi connectivity index (χ0v) is 16.2. The summed E-state index contributed by atoms with van der Waals surface area (Å²) in [6.45, 7) is 5.68. The van der Waals surface area contributed by atoms with Gasteiger partial charge in [0.1, 0.15) is 5.71 Å². The Kier molecular flexibility index (Phi) is 4.89. The van der Waals surface area contributed by atoms with E-state index in [0.29, 0.717) is 25.6 Å². The number of carbonyl (C=O) groups is 1. The summed E-state index contributed by atoms with van der Waals surface area (Å²) < 4.78 is 6.35. The lowest BCUT2D eigenvalue weighted by Crippen LogP contribution is -2.45. The highest BCUT2D eigenvalue weighted by molar-refractivity contribution is 9.10. The lowest BCUT2D eigenvalue weighted by molar-refractivity contribution is -0.112. The maximum absolute atomic E-state index is 13.1. The van der Waals surface area contributed by atoms with E-state index in [1.54, 1.807) is 0 Å². The Morgan fingerprint density at radius 1 is 1.12 bits per heavy atom. The molecule has 5 nitrogen and oxygen atoms in total. The first-order chi connectivity index (χ1) is 12.6. The molecule has 6 heteroatoms. The molecule has 1 amide bonds. The number of benzene rings is 2. The monoisotopic (exact) mass is 413 g/mol. The molecule has 0 bridgehead atoms. The van der Waals surface area contributed by atoms with Crippen LogP contribution >= 0.6 is 15.9 Å². The highest BCUT2D eigenvalue weighted by Gasteiger charge is 2.35. The molecule has 134 valence electrons. The summed E-state index contributed by atoms with van der Waals surface area (Å²) in [4.78, 5) is 21.9. The molecule has 26 heavy (non-hydrogen) atoms. The second-order valence-electron chi connectivity index (χ2n) is 6.56. The summed E-state index contributed by atoms with van der Waals surface area (Å²) >= 11 is 3.51. The minimum atomic E-state index is -0.0508. The maximum atomic E-state index is 13.1. The molecule has 1 fully saturated rings. The van der Waals surface area contributed by atoms with Crippen LogP contribution < -0.4 is 4.90 Å². The number of carbonyl (C=O) groups excluding carboxylic acids is 1. The van der Waals surface area contributed by atoms with Crippen LogP contribution in [0.5, 0.6) is 0 Å². The first kappa shape index (κ1) is 17.4. The Hall–Kier alpha value is -2.02. The third-order valence-corrected chi connectivity index (χ3v) is 5.17. The molecule has 0 N–H and O–H groups in total. The fourth-order valence-electron chi connectivity index (χ4n) is 3.23. The molecule has 0 aromatic heterocycles. The van der Waals surface area contributed by atoms with Crippen molar-refractivity contribution in [3.63, 3.8) is 0 Å². The molecule has 0 aliphatic carbocycles. The van der Waals surface area contributed by atoms with Gasteiger partial charge in [0.15, 0.2) is 0 Å². The summed E-state index contributed by atoms with van der Waals surface area (Å²) in [5.41, 5.74) is 4.24. The second kappa shape index (κ2) is 7.31. The number of hydrogen-bond acceptors (Lipinski definition) is 4. The largest absolute Gasteiger partial charge is 0.379 e. The van der Waals surface area contributed by atoms with Crippen LogP contribution in [0.15, 0.2) is 51.9 Å². The van der Waals surface area contributed by atoms with Gasteiger partial charge in [0.05, 0.1) is 31.3 Å². The van der Waals surface area contributed by atoms with Crippen LogP contribution in [-0.4, -0.2) is 49.5 Å². The highest BCUT2D eigenvalue weighted by atomic mass is 79.9. The van der Waals surface area contributed by atoms with Gasteiger partial charge in [-0.2, -0.15) is 0 Å². The van der Waals surface area contributed by atoms with Gasteiger partial charge in [-0.25, -0.2) is 4.99 Å². The third kappa shape index (κ3) is 3.45. The summed E-state index contributed by atoms with van der Waals surface area (Å²) in [6, 6.07) is 13.8. The number of fused-ring (bicyclic) bond motifs is 1. The molecule has 2 aromatic carbocycles. The molecular formula is C20H20BrN3O2. The predicted octanol–water partition coefficient (Wildman–Crippen LogP) is 3.51. The molecule has 0 radical (unpaired) electrons. The average Bonchev–Trinajstić information content (AvgIpc) is 2.89. The number of nitrogens with zero attached hydrogens (tertiary/aromatic N) is 3. The Labute approximate surface area is 161 Å². The lowest BCUT2D eigenvalue weighted by atomic mass is 10.1. The Balaban J connectivity index is 1.70. The van der Waals surface area contributed by atoms with Gasteiger partial charge in [-0.15, -0.1) is 0 Å². The Morgan fingerprint density at radius 3 is 2.58 bits per heavy atom. The van der Waals surface area contributed by atoms with Crippen molar-refractivity contribution in [1.82, 2.24) is 4.90 Å². The molecule has 2 aliphatic heterocycles. The zero-order chi connectivity index (χ0) is 18.1. The van der Waals surface area contributed by atoms with Crippen LogP contribution in [0.3, 0.4) is 0 Å². The number of halogens is 1. The van der Waals surface area contributed by atoms with Crippen LogP contribution in [0, 0.1) is 6.92 Å². The quantitative estimate of drug-likeness (QED) is 0.772. The van der Waals surface area contributed by atoms with E-state index in [-0.39, 0.29) is 5.91 Å². The molecule has 4 rings (SSSR count). The Bertz CT molecular complexity index is 858. The molecule has 0 atom stereocenters. The van der Waals surface area contributed by atoms with Gasteiger partial charge in [-0.3, -0.25) is 14.6 Å². The third-order valence-electron chi connectivity index (χ3n) is 4.67. The van der Waals surface area contributed by atoms with Crippen LogP contribution in [0.25, 0.3) is 0 Å². The van der Waals surface area contributed by atoms with Crippen LogP contribution in [0.1, 0.15) is 11.1 Å². The summed E-state index contributed by atoms with van der Waals surface area (Å²) in [5, 5.41) is 0. The van der Waals surface area contributed by atoms with E-state index in [1.165, 1.54) is 5.56 Å². The zero-order valence-electron chi connectivity index (χ0n) is 14.6. The SMILES string of the molecule is Cc1ccc(N=C2C(=O)N(CN3CCOCC3)c3ccc(Br)cc32)cc1. The van der Waals surface area contributed by atoms with Crippen LogP contribution in [-0.2, 0) is 9.53 Å². The van der Waals surface area contributed by atoms with Gasteiger partial charge >= 0.3 is 0 Å². The smallest absolute Gasteiger partial charge is 0.278 e. The van der Waals surface area contributed by atoms with Gasteiger partial charge in [-0.05, 0) is 37.3 Å². The van der Waals surface area contributed by atoms with Gasteiger partial charge in [0, 0.05) is 23.1 Å². The van der Waals surface area contributed by atoms with Crippen molar-refractivity contribution in [3.05, 3.63) is 58.1 Å². The molecule has 2 aliphatic rings. The maximum Gasteiger partial charge on any atom is 0.278 e. The van der Waals surface area contributed by atoms with E-state index in [4.69, 9.17) is 4.74 Å². The number of aryl methyl sites for hydroxylation is 1. The van der Waals surface area contributed by atoms with Crippen molar-refractivity contribution in [2.75, 3.05) is 37.9 Å². The number of aliphatic imine (C=N–C) groups is 1. The van der Waals surface area contributed by atoms with E-state index >= 15 is 0 Å². The molecule has 2 heterocycles. The van der Waals surface area contributed by atoms with Crippen molar-refractivity contribution in [2.24, 2.45) is 4.99 Å². The van der Waals surface area contributed by atoms with Crippen LogP contribution in [0.2, 0.25) is 0 Å². The van der Waals surface area contributed by atoms with E-state index in [9.17, 15) is 4.79 Å². The predicted molar refractivity (Wildman–Crippen MR) is 106 cm³/mol. The van der Waals surface area contributed by atoms with Crippen molar-refractivity contribution >= 4 is 38.9 Å². The normalized spacial score (nSPS) is 19.2. The van der Waals surface area contributed by atoms with Gasteiger partial charge in [-0.1, -0.05) is 33.6 Å². The van der Waals surface area contributed by atoms with Gasteiger partial charge < -0.3 is 4.74 Å². The molecule has 0 unspecified atom stereocenters. The minimum Gasteiger partial charge on any atom is -0.379 e. The summed E-state index contributed by atoms with van der Waals surface area (Å²) in [6.07, 6.45) is 0. The second-order valence-corrected chi connectivity index (χ2v) is 7.48. The van der Waals surface area contributed by atoms with E-state index in [0.717, 1.165) is 34.5 Å². The van der Waals surface area contributed by atoms with Crippen molar-refractivity contribution in [1.29, 1.82) is 0 Å². The number of amides is 1. The van der Waals surface area contributed by atoms with Crippen molar-refractivity contribution in [3.8, 4) is 0 Å².